The molecule has 202 valence electrons. The van der Waals surface area contributed by atoms with Gasteiger partial charge in [-0.05, 0) is 49.4 Å². The van der Waals surface area contributed by atoms with Crippen LogP contribution < -0.4 is 16.0 Å². The lowest BCUT2D eigenvalue weighted by Crippen LogP contribution is -2.39. The van der Waals surface area contributed by atoms with E-state index in [0.717, 1.165) is 28.1 Å². The lowest BCUT2D eigenvalue weighted by Gasteiger charge is -2.37. The van der Waals surface area contributed by atoms with Crippen molar-refractivity contribution in [1.82, 2.24) is 10.2 Å². The molecule has 2 heterocycles. The van der Waals surface area contributed by atoms with Crippen molar-refractivity contribution < 1.29 is 9.59 Å². The molecule has 1 amide bonds. The van der Waals surface area contributed by atoms with Crippen LogP contribution in [0.4, 0.5) is 10.8 Å². The number of amides is 1. The number of carbonyl (C=O) groups is 2. The van der Waals surface area contributed by atoms with Gasteiger partial charge in [0, 0.05) is 29.3 Å². The summed E-state index contributed by atoms with van der Waals surface area (Å²) in [5, 5.41) is 22.1. The van der Waals surface area contributed by atoms with Crippen LogP contribution in [0.25, 0.3) is 6.08 Å². The topological polar surface area (TPSA) is 125 Å². The number of hydrogen-bond donors (Lipinski definition) is 2. The lowest BCUT2D eigenvalue weighted by atomic mass is 9.79. The molecule has 2 aromatic carbocycles. The summed E-state index contributed by atoms with van der Waals surface area (Å²) in [4.78, 5) is 27.5. The monoisotopic (exact) mass is 568 g/mol. The first kappa shape index (κ1) is 27.4. The number of aryl methyl sites for hydroxylation is 1. The van der Waals surface area contributed by atoms with Crippen molar-refractivity contribution in [2.45, 2.75) is 37.4 Å². The molecule has 5 rings (SSSR count). The van der Waals surface area contributed by atoms with Crippen molar-refractivity contribution in [3.05, 3.63) is 94.0 Å². The Morgan fingerprint density at radius 2 is 2.00 bits per heavy atom. The Kier molecular flexibility index (Phi) is 8.14. The molecule has 8 nitrogen and oxygen atoms in total. The van der Waals surface area contributed by atoms with Gasteiger partial charge in [0.2, 0.25) is 11.0 Å². The molecule has 0 bridgehead atoms. The van der Waals surface area contributed by atoms with Gasteiger partial charge in [-0.15, -0.1) is 10.2 Å². The average Bonchev–Trinajstić information content (AvgIpc) is 3.42. The van der Waals surface area contributed by atoms with Crippen molar-refractivity contribution in [2.75, 3.05) is 16.0 Å². The minimum Gasteiger partial charge on any atom is -0.384 e. The third-order valence-corrected chi connectivity index (χ3v) is 9.07. The molecule has 40 heavy (non-hydrogen) atoms. The number of nitrogens with zero attached hydrogens (tertiary/aromatic N) is 4. The first-order valence-corrected chi connectivity index (χ1v) is 14.7. The summed E-state index contributed by atoms with van der Waals surface area (Å²) in [5.74, 6) is -0.249. The summed E-state index contributed by atoms with van der Waals surface area (Å²) in [6, 6.07) is 17.8. The summed E-state index contributed by atoms with van der Waals surface area (Å²) in [6.45, 7) is 3.98. The van der Waals surface area contributed by atoms with Crippen molar-refractivity contribution in [3.8, 4) is 6.07 Å². The van der Waals surface area contributed by atoms with Gasteiger partial charge in [0.05, 0.1) is 17.4 Å². The Bertz CT molecular complexity index is 1600. The zero-order chi connectivity index (χ0) is 28.2. The summed E-state index contributed by atoms with van der Waals surface area (Å²) in [7, 11) is 0. The standard InChI is InChI=1S/C30H28N6O2S2/c1-18-8-6-11-23(19(18)2)33-26(38)17-39-30-35-34-29(40-30)36-24-12-7-13-25(37)27(24)21(22(16-31)28(36)32)15-14-20-9-4-3-5-10-20/h3-6,8-11,14-15,21H,7,12-13,17,32H2,1-2H3,(H,33,38)/b15-14+. The van der Waals surface area contributed by atoms with Crippen LogP contribution in [0.2, 0.25) is 0 Å². The number of thioether (sulfide) groups is 1. The second kappa shape index (κ2) is 11.9. The van der Waals surface area contributed by atoms with Crippen molar-refractivity contribution in [2.24, 2.45) is 11.7 Å². The molecule has 10 heteroatoms. The minimum absolute atomic E-state index is 0.0106. The SMILES string of the molecule is Cc1cccc(NC(=O)CSc2nnc(N3C(N)=C(C#N)C(/C=C/c4ccccc4)C4=C3CCCC4=O)s2)c1C. The van der Waals surface area contributed by atoms with Gasteiger partial charge in [-0.2, -0.15) is 5.26 Å². The van der Waals surface area contributed by atoms with E-state index in [0.29, 0.717) is 39.9 Å². The van der Waals surface area contributed by atoms with Crippen LogP contribution in [0.1, 0.15) is 36.0 Å². The number of ketones is 1. The van der Waals surface area contributed by atoms with E-state index in [1.165, 1.54) is 23.1 Å². The Morgan fingerprint density at radius 3 is 2.77 bits per heavy atom. The van der Waals surface area contributed by atoms with E-state index < -0.39 is 5.92 Å². The van der Waals surface area contributed by atoms with E-state index in [2.05, 4.69) is 21.6 Å². The zero-order valence-corrected chi connectivity index (χ0v) is 23.8. The molecular formula is C30H28N6O2S2. The van der Waals surface area contributed by atoms with Crippen molar-refractivity contribution in [1.29, 1.82) is 5.26 Å². The Morgan fingerprint density at radius 1 is 1.20 bits per heavy atom. The van der Waals surface area contributed by atoms with E-state index in [1.807, 2.05) is 74.5 Å². The molecule has 0 spiro atoms. The van der Waals surface area contributed by atoms with Gasteiger partial charge in [-0.1, -0.05) is 77.7 Å². The van der Waals surface area contributed by atoms with Gasteiger partial charge < -0.3 is 11.1 Å². The third kappa shape index (κ3) is 5.57. The maximum Gasteiger partial charge on any atom is 0.234 e. The van der Waals surface area contributed by atoms with E-state index in [4.69, 9.17) is 5.73 Å². The van der Waals surface area contributed by atoms with Gasteiger partial charge in [0.1, 0.15) is 5.82 Å². The zero-order valence-electron chi connectivity index (χ0n) is 22.2. The van der Waals surface area contributed by atoms with Crippen LogP contribution in [-0.4, -0.2) is 27.6 Å². The molecule has 3 aromatic rings. The van der Waals surface area contributed by atoms with Crippen molar-refractivity contribution >= 4 is 51.7 Å². The number of Topliss-reactive ketones (excluding diaryl/α,β-unsaturated/α-hetero) is 1. The van der Waals surface area contributed by atoms with Crippen LogP contribution in [0.3, 0.4) is 0 Å². The maximum absolute atomic E-state index is 13.2. The molecule has 0 saturated carbocycles. The molecule has 1 aliphatic carbocycles. The molecule has 0 saturated heterocycles. The first-order valence-electron chi connectivity index (χ1n) is 12.9. The number of nitrogens with two attached hydrogens (primary N) is 1. The summed E-state index contributed by atoms with van der Waals surface area (Å²) in [6.07, 6.45) is 5.55. The number of rotatable bonds is 7. The van der Waals surface area contributed by atoms with Crippen LogP contribution in [0, 0.1) is 31.1 Å². The third-order valence-electron chi connectivity index (χ3n) is 7.03. The lowest BCUT2D eigenvalue weighted by molar-refractivity contribution is -0.116. The largest absolute Gasteiger partial charge is 0.384 e. The molecule has 0 radical (unpaired) electrons. The average molecular weight is 569 g/mol. The Hall–Kier alpha value is -4.20. The smallest absolute Gasteiger partial charge is 0.234 e. The second-order valence-corrected chi connectivity index (χ2v) is 11.7. The number of nitriles is 1. The molecule has 1 atom stereocenters. The summed E-state index contributed by atoms with van der Waals surface area (Å²) in [5.41, 5.74) is 12.1. The Labute approximate surface area is 241 Å². The van der Waals surface area contributed by atoms with E-state index >= 15 is 0 Å². The normalized spacial score (nSPS) is 17.3. The van der Waals surface area contributed by atoms with Gasteiger partial charge in [-0.3, -0.25) is 14.5 Å². The van der Waals surface area contributed by atoms with E-state index in [-0.39, 0.29) is 23.3 Å². The minimum atomic E-state index is -0.528. The van der Waals surface area contributed by atoms with Crippen LogP contribution in [0.15, 0.2) is 81.6 Å². The summed E-state index contributed by atoms with van der Waals surface area (Å²) < 4.78 is 0.591. The predicted molar refractivity (Wildman–Crippen MR) is 159 cm³/mol. The van der Waals surface area contributed by atoms with Gasteiger partial charge in [0.15, 0.2) is 10.1 Å². The molecule has 2 aliphatic rings. The number of aromatic nitrogens is 2. The van der Waals surface area contributed by atoms with Gasteiger partial charge in [0.25, 0.3) is 0 Å². The van der Waals surface area contributed by atoms with E-state index in [1.54, 1.807) is 4.90 Å². The fourth-order valence-electron chi connectivity index (χ4n) is 4.86. The number of anilines is 2. The highest BCUT2D eigenvalue weighted by molar-refractivity contribution is 8.01. The first-order chi connectivity index (χ1) is 19.4. The molecule has 0 fully saturated rings. The molecule has 1 aromatic heterocycles. The quantitative estimate of drug-likeness (QED) is 0.346. The molecule has 1 aliphatic heterocycles. The second-order valence-electron chi connectivity index (χ2n) is 9.57. The van der Waals surface area contributed by atoms with Crippen LogP contribution >= 0.6 is 23.1 Å². The van der Waals surface area contributed by atoms with Gasteiger partial charge >= 0.3 is 0 Å². The predicted octanol–water partition coefficient (Wildman–Crippen LogP) is 5.74. The molecular weight excluding hydrogens is 541 g/mol. The number of benzene rings is 2. The van der Waals surface area contributed by atoms with Crippen molar-refractivity contribution in [3.63, 3.8) is 0 Å². The number of hydrogen-bond acceptors (Lipinski definition) is 9. The fraction of sp³-hybridized carbons (Fsp3) is 0.233. The fourth-order valence-corrected chi connectivity index (χ4v) is 6.54. The molecule has 3 N–H and O–H groups in total. The highest BCUT2D eigenvalue weighted by atomic mass is 32.2. The number of carbonyl (C=O) groups excluding carboxylic acids is 2. The molecule has 1 unspecified atom stereocenters. The summed E-state index contributed by atoms with van der Waals surface area (Å²) >= 11 is 2.55. The number of nitrogens with one attached hydrogen (secondary N) is 1. The maximum atomic E-state index is 13.2. The van der Waals surface area contributed by atoms with E-state index in [9.17, 15) is 14.9 Å². The van der Waals surface area contributed by atoms with Crippen LogP contribution in [0.5, 0.6) is 0 Å². The van der Waals surface area contributed by atoms with Crippen LogP contribution in [-0.2, 0) is 9.59 Å². The number of allylic oxidation sites excluding steroid dienone is 4. The van der Waals surface area contributed by atoms with Gasteiger partial charge in [-0.25, -0.2) is 0 Å². The highest BCUT2D eigenvalue weighted by Gasteiger charge is 2.39. The Balaban J connectivity index is 1.39. The highest BCUT2D eigenvalue weighted by Crippen LogP contribution is 2.44.